The lowest BCUT2D eigenvalue weighted by Crippen LogP contribution is -1.93. The summed E-state index contributed by atoms with van der Waals surface area (Å²) in [6.45, 7) is 7.56. The minimum absolute atomic E-state index is 0. The van der Waals surface area contributed by atoms with E-state index in [4.69, 9.17) is 22.3 Å². The molecule has 0 amide bonds. The second-order valence-electron chi connectivity index (χ2n) is 4.75. The van der Waals surface area contributed by atoms with E-state index in [0.29, 0.717) is 0 Å². The van der Waals surface area contributed by atoms with Crippen molar-refractivity contribution >= 4 is 10.4 Å². The second-order valence-corrected chi connectivity index (χ2v) is 5.65. The van der Waals surface area contributed by atoms with E-state index in [1.165, 1.54) is 0 Å². The Morgan fingerprint density at radius 1 is 0.808 bits per heavy atom. The van der Waals surface area contributed by atoms with Gasteiger partial charge in [0.05, 0.1) is 0 Å². The maximum absolute atomic E-state index is 8.74. The van der Waals surface area contributed by atoms with Gasteiger partial charge in [0.2, 0.25) is 0 Å². The Bertz CT molecular complexity index is 732. The zero-order valence-electron chi connectivity index (χ0n) is 14.5. The lowest BCUT2D eigenvalue weighted by Gasteiger charge is -2.12. The predicted molar refractivity (Wildman–Crippen MR) is 105 cm³/mol. The fourth-order valence-corrected chi connectivity index (χ4v) is 1.97. The summed E-state index contributed by atoms with van der Waals surface area (Å²) in [6, 6.07) is 16.1. The van der Waals surface area contributed by atoms with Crippen LogP contribution in [0.15, 0.2) is 73.8 Å². The summed E-state index contributed by atoms with van der Waals surface area (Å²) in [5.74, 6) is 1.78. The molecule has 0 atom stereocenters. The van der Waals surface area contributed by atoms with Crippen LogP contribution in [0.3, 0.4) is 0 Å². The van der Waals surface area contributed by atoms with Crippen molar-refractivity contribution in [3.05, 3.63) is 85.0 Å². The number of ether oxygens (including phenoxy) is 1. The van der Waals surface area contributed by atoms with E-state index in [1.54, 1.807) is 0 Å². The maximum atomic E-state index is 8.74. The first-order valence-electron chi connectivity index (χ1n) is 7.10. The van der Waals surface area contributed by atoms with Crippen LogP contribution < -0.4 is 17.0 Å². The molecule has 2 aromatic carbocycles. The van der Waals surface area contributed by atoms with Crippen molar-refractivity contribution in [2.45, 2.75) is 12.8 Å². The van der Waals surface area contributed by atoms with Crippen molar-refractivity contribution in [1.29, 1.82) is 0 Å². The van der Waals surface area contributed by atoms with E-state index in [0.717, 1.165) is 35.5 Å². The van der Waals surface area contributed by atoms with E-state index >= 15 is 0 Å². The molecule has 0 fully saturated rings. The molecule has 0 saturated carbocycles. The van der Waals surface area contributed by atoms with Crippen LogP contribution in [0, 0.1) is 0 Å². The molecule has 0 aliphatic rings. The standard InChI is InChI=1S/C18H18O.2H3N.H2O4S/c1-3-9-15-11-5-7-13-17(15)19-18-14-8-6-12-16(18)10-4-2;;;1-5(2,3)4/h3-8,11-14H,1-2,9-10H2;2*1H3;(H2,1,2,3,4). The Morgan fingerprint density at radius 2 is 1.12 bits per heavy atom. The molecular weight excluding hydrogens is 356 g/mol. The minimum atomic E-state index is -4.67. The number of benzene rings is 2. The van der Waals surface area contributed by atoms with Crippen LogP contribution in [0.25, 0.3) is 0 Å². The first-order chi connectivity index (χ1) is 11.3. The molecule has 8 heteroatoms. The molecule has 0 bridgehead atoms. The molecule has 0 aromatic heterocycles. The van der Waals surface area contributed by atoms with Gasteiger partial charge in [-0.05, 0) is 36.1 Å². The summed E-state index contributed by atoms with van der Waals surface area (Å²) in [7, 11) is -4.67. The molecule has 0 aliphatic heterocycles. The van der Waals surface area contributed by atoms with Crippen LogP contribution in [0.4, 0.5) is 0 Å². The summed E-state index contributed by atoms with van der Waals surface area (Å²) >= 11 is 0. The summed E-state index contributed by atoms with van der Waals surface area (Å²) < 4.78 is 37.6. The number of allylic oxidation sites excluding steroid dienone is 2. The summed E-state index contributed by atoms with van der Waals surface area (Å²) in [5, 5.41) is 0. The zero-order chi connectivity index (χ0) is 18.0. The molecule has 2 aromatic rings. The third-order valence-electron chi connectivity index (χ3n) is 2.89. The lowest BCUT2D eigenvalue weighted by molar-refractivity contribution is 0.381. The quantitative estimate of drug-likeness (QED) is 0.420. The van der Waals surface area contributed by atoms with Gasteiger partial charge < -0.3 is 17.0 Å². The first-order valence-corrected chi connectivity index (χ1v) is 8.50. The van der Waals surface area contributed by atoms with E-state index in [-0.39, 0.29) is 12.3 Å². The van der Waals surface area contributed by atoms with Gasteiger partial charge in [-0.25, -0.2) is 0 Å². The molecule has 144 valence electrons. The molecular formula is C18H26N2O5S. The Balaban J connectivity index is 0. The largest absolute Gasteiger partial charge is 0.457 e. The third-order valence-corrected chi connectivity index (χ3v) is 2.89. The maximum Gasteiger partial charge on any atom is 0.394 e. The highest BCUT2D eigenvalue weighted by Gasteiger charge is 2.06. The average Bonchev–Trinajstić information content (AvgIpc) is 2.50. The highest BCUT2D eigenvalue weighted by Crippen LogP contribution is 2.28. The topological polar surface area (TPSA) is 154 Å². The number of hydrogen-bond donors (Lipinski definition) is 4. The van der Waals surface area contributed by atoms with Crippen LogP contribution in [0.2, 0.25) is 0 Å². The summed E-state index contributed by atoms with van der Waals surface area (Å²) in [4.78, 5) is 0. The fourth-order valence-electron chi connectivity index (χ4n) is 1.97. The summed E-state index contributed by atoms with van der Waals surface area (Å²) in [5.41, 5.74) is 2.29. The predicted octanol–water partition coefficient (Wildman–Crippen LogP) is 4.61. The first kappa shape index (κ1) is 25.7. The smallest absolute Gasteiger partial charge is 0.394 e. The molecule has 26 heavy (non-hydrogen) atoms. The van der Waals surface area contributed by atoms with Gasteiger partial charge in [-0.2, -0.15) is 8.42 Å². The van der Waals surface area contributed by atoms with E-state index < -0.39 is 10.4 Å². The molecule has 0 unspecified atom stereocenters. The number of rotatable bonds is 6. The van der Waals surface area contributed by atoms with Crippen molar-refractivity contribution in [2.24, 2.45) is 0 Å². The van der Waals surface area contributed by atoms with Crippen LogP contribution in [-0.2, 0) is 23.2 Å². The van der Waals surface area contributed by atoms with Gasteiger partial charge in [0, 0.05) is 0 Å². The highest BCUT2D eigenvalue weighted by molar-refractivity contribution is 7.79. The highest BCUT2D eigenvalue weighted by atomic mass is 32.3. The molecule has 0 saturated heterocycles. The van der Waals surface area contributed by atoms with E-state index in [2.05, 4.69) is 25.3 Å². The van der Waals surface area contributed by atoms with E-state index in [1.807, 2.05) is 48.6 Å². The normalized spacial score (nSPS) is 9.46. The molecule has 0 spiro atoms. The van der Waals surface area contributed by atoms with Gasteiger partial charge in [0.15, 0.2) is 0 Å². The van der Waals surface area contributed by atoms with Crippen molar-refractivity contribution in [1.82, 2.24) is 12.3 Å². The number of para-hydroxylation sites is 2. The van der Waals surface area contributed by atoms with Crippen LogP contribution >= 0.6 is 0 Å². The minimum Gasteiger partial charge on any atom is -0.457 e. The Hall–Kier alpha value is -2.49. The fraction of sp³-hybridized carbons (Fsp3) is 0.111. The van der Waals surface area contributed by atoms with Gasteiger partial charge in [0.1, 0.15) is 11.5 Å². The van der Waals surface area contributed by atoms with Crippen molar-refractivity contribution in [2.75, 3.05) is 0 Å². The monoisotopic (exact) mass is 382 g/mol. The van der Waals surface area contributed by atoms with Crippen molar-refractivity contribution in [3.63, 3.8) is 0 Å². The van der Waals surface area contributed by atoms with Crippen LogP contribution in [0.1, 0.15) is 11.1 Å². The molecule has 0 aliphatic carbocycles. The molecule has 2 rings (SSSR count). The summed E-state index contributed by atoms with van der Waals surface area (Å²) in [6.07, 6.45) is 5.38. The third kappa shape index (κ3) is 10.4. The Kier molecular flexibility index (Phi) is 12.7. The van der Waals surface area contributed by atoms with E-state index in [9.17, 15) is 0 Å². The van der Waals surface area contributed by atoms with Crippen LogP contribution in [-0.4, -0.2) is 17.5 Å². The SMILES string of the molecule is C=CCc1ccccc1Oc1ccccc1CC=C.N.N.O=S(=O)(O)O. The average molecular weight is 382 g/mol. The van der Waals surface area contributed by atoms with Gasteiger partial charge in [0.25, 0.3) is 0 Å². The second kappa shape index (κ2) is 12.8. The Labute approximate surface area is 154 Å². The van der Waals surface area contributed by atoms with Gasteiger partial charge in [-0.1, -0.05) is 48.6 Å². The van der Waals surface area contributed by atoms with Gasteiger partial charge in [-0.15, -0.1) is 13.2 Å². The van der Waals surface area contributed by atoms with Crippen molar-refractivity contribution in [3.8, 4) is 11.5 Å². The number of hydrogen-bond acceptors (Lipinski definition) is 5. The van der Waals surface area contributed by atoms with Gasteiger partial charge >= 0.3 is 10.4 Å². The molecule has 8 N–H and O–H groups in total. The molecule has 0 radical (unpaired) electrons. The van der Waals surface area contributed by atoms with Gasteiger partial charge in [-0.3, -0.25) is 9.11 Å². The van der Waals surface area contributed by atoms with Crippen molar-refractivity contribution < 1.29 is 22.3 Å². The lowest BCUT2D eigenvalue weighted by atomic mass is 10.1. The zero-order valence-corrected chi connectivity index (χ0v) is 15.4. The van der Waals surface area contributed by atoms with Crippen LogP contribution in [0.5, 0.6) is 11.5 Å². The Morgan fingerprint density at radius 3 is 1.42 bits per heavy atom. The molecule has 0 heterocycles. The molecule has 7 nitrogen and oxygen atoms in total.